The molecule has 1 heterocycles. The van der Waals surface area contributed by atoms with Gasteiger partial charge in [0.1, 0.15) is 17.3 Å². The molecule has 3 rings (SSSR count). The summed E-state index contributed by atoms with van der Waals surface area (Å²) in [5, 5.41) is 6.61. The molecule has 2 N–H and O–H groups in total. The molecule has 140 valence electrons. The summed E-state index contributed by atoms with van der Waals surface area (Å²) in [5.74, 6) is 2.61. The van der Waals surface area contributed by atoms with Gasteiger partial charge in [0.05, 0.1) is 19.9 Å². The summed E-state index contributed by atoms with van der Waals surface area (Å²) in [6.45, 7) is 6.07. The van der Waals surface area contributed by atoms with Gasteiger partial charge in [0.15, 0.2) is 0 Å². The number of benzene rings is 2. The normalized spacial score (nSPS) is 10.4. The largest absolute Gasteiger partial charge is 0.497 e. The van der Waals surface area contributed by atoms with Crippen LogP contribution in [0.15, 0.2) is 42.5 Å². The lowest BCUT2D eigenvalue weighted by molar-refractivity contribution is 0.405. The summed E-state index contributed by atoms with van der Waals surface area (Å²) in [4.78, 5) is 9.08. The molecule has 0 aliphatic carbocycles. The standard InChI is InChI=1S/C21H24N4O2/c1-13-6-7-14(2)17(10-13)23-20-11-15(3)22-21(25-20)24-18-12-16(26-4)8-9-19(18)27-5/h6-12H,1-5H3,(H2,22,23,24,25). The van der Waals surface area contributed by atoms with Crippen LogP contribution in [0.2, 0.25) is 0 Å². The Balaban J connectivity index is 1.91. The number of rotatable bonds is 6. The van der Waals surface area contributed by atoms with Gasteiger partial charge < -0.3 is 20.1 Å². The van der Waals surface area contributed by atoms with Crippen LogP contribution in [0, 0.1) is 20.8 Å². The predicted octanol–water partition coefficient (Wildman–Crippen LogP) is 4.91. The Kier molecular flexibility index (Phi) is 5.45. The third kappa shape index (κ3) is 4.47. The molecule has 0 unspecified atom stereocenters. The van der Waals surface area contributed by atoms with Gasteiger partial charge in [0.25, 0.3) is 0 Å². The van der Waals surface area contributed by atoms with Crippen molar-refractivity contribution >= 4 is 23.1 Å². The highest BCUT2D eigenvalue weighted by Gasteiger charge is 2.09. The van der Waals surface area contributed by atoms with E-state index in [-0.39, 0.29) is 0 Å². The molecule has 2 aromatic carbocycles. The minimum Gasteiger partial charge on any atom is -0.497 e. The maximum atomic E-state index is 5.41. The lowest BCUT2D eigenvalue weighted by Gasteiger charge is -2.14. The van der Waals surface area contributed by atoms with Crippen molar-refractivity contribution < 1.29 is 9.47 Å². The second-order valence-electron chi connectivity index (χ2n) is 6.35. The average Bonchev–Trinajstić information content (AvgIpc) is 2.64. The molecule has 0 bridgehead atoms. The van der Waals surface area contributed by atoms with Crippen LogP contribution in [0.1, 0.15) is 16.8 Å². The fourth-order valence-corrected chi connectivity index (χ4v) is 2.73. The van der Waals surface area contributed by atoms with Crippen LogP contribution < -0.4 is 20.1 Å². The first-order valence-electron chi connectivity index (χ1n) is 8.67. The smallest absolute Gasteiger partial charge is 0.229 e. The Morgan fingerprint density at radius 2 is 1.59 bits per heavy atom. The highest BCUT2D eigenvalue weighted by molar-refractivity contribution is 5.67. The Morgan fingerprint density at radius 3 is 2.33 bits per heavy atom. The summed E-state index contributed by atoms with van der Waals surface area (Å²) in [7, 11) is 3.25. The van der Waals surface area contributed by atoms with Gasteiger partial charge in [0, 0.05) is 23.5 Å². The highest BCUT2D eigenvalue weighted by Crippen LogP contribution is 2.31. The van der Waals surface area contributed by atoms with Crippen molar-refractivity contribution in [3.8, 4) is 11.5 Å². The van der Waals surface area contributed by atoms with Gasteiger partial charge in [0.2, 0.25) is 5.95 Å². The predicted molar refractivity (Wildman–Crippen MR) is 109 cm³/mol. The van der Waals surface area contributed by atoms with E-state index >= 15 is 0 Å². The van der Waals surface area contributed by atoms with Crippen LogP contribution in [-0.2, 0) is 0 Å². The van der Waals surface area contributed by atoms with Crippen LogP contribution in [0.25, 0.3) is 0 Å². The van der Waals surface area contributed by atoms with Crippen LogP contribution in [0.3, 0.4) is 0 Å². The van der Waals surface area contributed by atoms with Gasteiger partial charge in [-0.1, -0.05) is 12.1 Å². The molecule has 1 aromatic heterocycles. The van der Waals surface area contributed by atoms with Crippen molar-refractivity contribution in [3.05, 3.63) is 59.3 Å². The first-order chi connectivity index (χ1) is 13.0. The Morgan fingerprint density at radius 1 is 0.778 bits per heavy atom. The van der Waals surface area contributed by atoms with Gasteiger partial charge in [-0.25, -0.2) is 4.98 Å². The molecule has 3 aromatic rings. The number of methoxy groups -OCH3 is 2. The zero-order valence-corrected chi connectivity index (χ0v) is 16.3. The maximum absolute atomic E-state index is 5.41. The zero-order valence-electron chi connectivity index (χ0n) is 16.3. The zero-order chi connectivity index (χ0) is 19.4. The second-order valence-corrected chi connectivity index (χ2v) is 6.35. The third-order valence-electron chi connectivity index (χ3n) is 4.16. The van der Waals surface area contributed by atoms with Gasteiger partial charge in [-0.15, -0.1) is 0 Å². The topological polar surface area (TPSA) is 68.3 Å². The first-order valence-corrected chi connectivity index (χ1v) is 8.67. The van der Waals surface area contributed by atoms with E-state index in [0.717, 1.165) is 34.2 Å². The molecular formula is C21H24N4O2. The van der Waals surface area contributed by atoms with E-state index in [1.165, 1.54) is 5.56 Å². The number of hydrogen-bond acceptors (Lipinski definition) is 6. The molecule has 0 fully saturated rings. The molecule has 0 atom stereocenters. The second kappa shape index (κ2) is 7.95. The maximum Gasteiger partial charge on any atom is 0.229 e. The number of aryl methyl sites for hydroxylation is 3. The molecule has 6 heteroatoms. The van der Waals surface area contributed by atoms with Crippen molar-refractivity contribution in [2.45, 2.75) is 20.8 Å². The quantitative estimate of drug-likeness (QED) is 0.648. The van der Waals surface area contributed by atoms with E-state index in [9.17, 15) is 0 Å². The summed E-state index contributed by atoms with van der Waals surface area (Å²) < 4.78 is 10.7. The first kappa shape index (κ1) is 18.5. The lowest BCUT2D eigenvalue weighted by atomic mass is 10.1. The van der Waals surface area contributed by atoms with E-state index in [1.807, 2.05) is 31.2 Å². The van der Waals surface area contributed by atoms with Crippen molar-refractivity contribution in [2.75, 3.05) is 24.9 Å². The summed E-state index contributed by atoms with van der Waals surface area (Å²) in [6, 6.07) is 13.7. The summed E-state index contributed by atoms with van der Waals surface area (Å²) >= 11 is 0. The van der Waals surface area contributed by atoms with Crippen molar-refractivity contribution in [1.29, 1.82) is 0 Å². The molecule has 0 spiro atoms. The van der Waals surface area contributed by atoms with Gasteiger partial charge in [-0.05, 0) is 50.1 Å². The fraction of sp³-hybridized carbons (Fsp3) is 0.238. The van der Waals surface area contributed by atoms with Crippen LogP contribution in [-0.4, -0.2) is 24.2 Å². The number of anilines is 4. The minimum atomic E-state index is 0.481. The number of ether oxygens (including phenoxy) is 2. The van der Waals surface area contributed by atoms with E-state index < -0.39 is 0 Å². The summed E-state index contributed by atoms with van der Waals surface area (Å²) in [6.07, 6.45) is 0. The van der Waals surface area contributed by atoms with Gasteiger partial charge in [-0.3, -0.25) is 0 Å². The van der Waals surface area contributed by atoms with Gasteiger partial charge in [-0.2, -0.15) is 4.98 Å². The number of nitrogens with zero attached hydrogens (tertiary/aromatic N) is 2. The monoisotopic (exact) mass is 364 g/mol. The minimum absolute atomic E-state index is 0.481. The van der Waals surface area contributed by atoms with E-state index in [0.29, 0.717) is 11.7 Å². The molecule has 0 aliphatic heterocycles. The molecule has 0 saturated heterocycles. The average molecular weight is 364 g/mol. The summed E-state index contributed by atoms with van der Waals surface area (Å²) in [5.41, 5.74) is 4.95. The van der Waals surface area contributed by atoms with Crippen LogP contribution >= 0.6 is 0 Å². The number of hydrogen-bond donors (Lipinski definition) is 2. The number of aromatic nitrogens is 2. The molecule has 0 saturated carbocycles. The molecule has 27 heavy (non-hydrogen) atoms. The van der Waals surface area contributed by atoms with Crippen LogP contribution in [0.5, 0.6) is 11.5 Å². The van der Waals surface area contributed by atoms with E-state index in [2.05, 4.69) is 52.6 Å². The number of nitrogens with one attached hydrogen (secondary N) is 2. The fourth-order valence-electron chi connectivity index (χ4n) is 2.73. The van der Waals surface area contributed by atoms with Crippen LogP contribution in [0.4, 0.5) is 23.1 Å². The molecule has 6 nitrogen and oxygen atoms in total. The molecule has 0 amide bonds. The SMILES string of the molecule is COc1ccc(OC)c(Nc2nc(C)cc(Nc3cc(C)ccc3C)n2)c1. The third-order valence-corrected chi connectivity index (χ3v) is 4.16. The highest BCUT2D eigenvalue weighted by atomic mass is 16.5. The van der Waals surface area contributed by atoms with E-state index in [1.54, 1.807) is 14.2 Å². The Bertz CT molecular complexity index is 957. The Labute approximate surface area is 159 Å². The van der Waals surface area contributed by atoms with Crippen molar-refractivity contribution in [1.82, 2.24) is 9.97 Å². The van der Waals surface area contributed by atoms with Crippen molar-refractivity contribution in [2.24, 2.45) is 0 Å². The molecular weight excluding hydrogens is 340 g/mol. The van der Waals surface area contributed by atoms with E-state index in [4.69, 9.17) is 9.47 Å². The molecule has 0 radical (unpaired) electrons. The molecule has 0 aliphatic rings. The van der Waals surface area contributed by atoms with Gasteiger partial charge >= 0.3 is 0 Å². The Hall–Kier alpha value is -3.28. The lowest BCUT2D eigenvalue weighted by Crippen LogP contribution is -2.04. The van der Waals surface area contributed by atoms with Crippen molar-refractivity contribution in [3.63, 3.8) is 0 Å².